The third kappa shape index (κ3) is 3.86. The van der Waals surface area contributed by atoms with Crippen molar-refractivity contribution < 1.29 is 8.42 Å². The minimum atomic E-state index is -3.20. The van der Waals surface area contributed by atoms with Gasteiger partial charge in [0.05, 0.1) is 4.90 Å². The highest BCUT2D eigenvalue weighted by atomic mass is 32.2. The normalized spacial score (nSPS) is 13.0. The molecule has 0 saturated carbocycles. The van der Waals surface area contributed by atoms with E-state index in [0.717, 1.165) is 5.56 Å². The lowest BCUT2D eigenvalue weighted by Crippen LogP contribution is -2.28. The summed E-state index contributed by atoms with van der Waals surface area (Å²) >= 11 is 0. The van der Waals surface area contributed by atoms with Gasteiger partial charge in [0.1, 0.15) is 0 Å². The van der Waals surface area contributed by atoms with E-state index in [9.17, 15) is 8.42 Å². The topological polar surface area (TPSA) is 72.2 Å². The predicted octanol–water partition coefficient (Wildman–Crippen LogP) is 1.01. The van der Waals surface area contributed by atoms with Crippen LogP contribution in [0, 0.1) is 12.3 Å². The Morgan fingerprint density at radius 1 is 1.53 bits per heavy atom. The van der Waals surface area contributed by atoms with Gasteiger partial charge in [0, 0.05) is 18.7 Å². The molecule has 1 unspecified atom stereocenters. The number of nitrogens with two attached hydrogens (primary N) is 1. The van der Waals surface area contributed by atoms with E-state index in [1.807, 2.05) is 6.07 Å². The van der Waals surface area contributed by atoms with Crippen molar-refractivity contribution in [2.24, 2.45) is 5.84 Å². The van der Waals surface area contributed by atoms with E-state index in [-0.39, 0.29) is 10.9 Å². The summed E-state index contributed by atoms with van der Waals surface area (Å²) in [5.74, 6) is 7.97. The van der Waals surface area contributed by atoms with Crippen molar-refractivity contribution in [1.29, 1.82) is 0 Å². The van der Waals surface area contributed by atoms with E-state index in [4.69, 9.17) is 12.3 Å². The number of hydrogen-bond donors (Lipinski definition) is 2. The number of benzene rings is 1. The molecule has 0 radical (unpaired) electrons. The molecule has 0 bridgehead atoms. The fraction of sp³-hybridized carbons (Fsp3) is 0.333. The summed E-state index contributed by atoms with van der Waals surface area (Å²) in [6.45, 7) is 0. The number of terminal acetylenes is 1. The Hall–Kier alpha value is -1.35. The number of rotatable bonds is 5. The summed E-state index contributed by atoms with van der Waals surface area (Å²) in [6.07, 6.45) is 7.62. The molecular weight excluding hydrogens is 236 g/mol. The lowest BCUT2D eigenvalue weighted by molar-refractivity contribution is 0.522. The first-order valence-electron chi connectivity index (χ1n) is 5.18. The Kier molecular flexibility index (Phi) is 4.70. The second-order valence-electron chi connectivity index (χ2n) is 3.81. The third-order valence-corrected chi connectivity index (χ3v) is 3.58. The molecular formula is C12H16N2O2S. The number of hydrazine groups is 1. The number of nitrogens with one attached hydrogen (secondary N) is 1. The molecule has 0 aliphatic carbocycles. The summed E-state index contributed by atoms with van der Waals surface area (Å²) in [4.78, 5) is 0.288. The molecule has 0 saturated heterocycles. The molecule has 0 fully saturated rings. The van der Waals surface area contributed by atoms with Crippen LogP contribution in [0.4, 0.5) is 0 Å². The monoisotopic (exact) mass is 252 g/mol. The third-order valence-electron chi connectivity index (χ3n) is 2.47. The van der Waals surface area contributed by atoms with E-state index in [1.165, 1.54) is 6.26 Å². The SMILES string of the molecule is C#CCCC(NN)c1cccc(S(C)(=O)=O)c1. The van der Waals surface area contributed by atoms with Gasteiger partial charge in [-0.15, -0.1) is 12.3 Å². The van der Waals surface area contributed by atoms with Gasteiger partial charge in [-0.3, -0.25) is 11.3 Å². The quantitative estimate of drug-likeness (QED) is 0.466. The first kappa shape index (κ1) is 13.7. The highest BCUT2D eigenvalue weighted by Gasteiger charge is 2.12. The summed E-state index contributed by atoms with van der Waals surface area (Å²) in [5, 5.41) is 0. The fourth-order valence-corrected chi connectivity index (χ4v) is 2.21. The van der Waals surface area contributed by atoms with Gasteiger partial charge in [-0.1, -0.05) is 12.1 Å². The van der Waals surface area contributed by atoms with Gasteiger partial charge >= 0.3 is 0 Å². The van der Waals surface area contributed by atoms with E-state index in [1.54, 1.807) is 18.2 Å². The standard InChI is InChI=1S/C12H16N2O2S/c1-3-4-8-12(14-13)10-6-5-7-11(9-10)17(2,15)16/h1,5-7,9,12,14H,4,8,13H2,2H3. The van der Waals surface area contributed by atoms with Crippen LogP contribution in [0.5, 0.6) is 0 Å². The van der Waals surface area contributed by atoms with Crippen molar-refractivity contribution in [3.8, 4) is 12.3 Å². The highest BCUT2D eigenvalue weighted by molar-refractivity contribution is 7.90. The summed E-state index contributed by atoms with van der Waals surface area (Å²) in [5.41, 5.74) is 3.47. The molecule has 1 rings (SSSR count). The van der Waals surface area contributed by atoms with Crippen LogP contribution in [0.15, 0.2) is 29.2 Å². The molecule has 0 aromatic heterocycles. The highest BCUT2D eigenvalue weighted by Crippen LogP contribution is 2.20. The van der Waals surface area contributed by atoms with Crippen LogP contribution in [0.3, 0.4) is 0 Å². The second-order valence-corrected chi connectivity index (χ2v) is 5.82. The van der Waals surface area contributed by atoms with Gasteiger partial charge in [-0.2, -0.15) is 0 Å². The molecule has 0 spiro atoms. The fourth-order valence-electron chi connectivity index (χ4n) is 1.54. The van der Waals surface area contributed by atoms with Crippen LogP contribution >= 0.6 is 0 Å². The van der Waals surface area contributed by atoms with Crippen LogP contribution < -0.4 is 11.3 Å². The lowest BCUT2D eigenvalue weighted by atomic mass is 10.0. The number of hydrogen-bond acceptors (Lipinski definition) is 4. The molecule has 1 atom stereocenters. The Bertz CT molecular complexity index is 518. The molecule has 3 N–H and O–H groups in total. The summed E-state index contributed by atoms with van der Waals surface area (Å²) in [6, 6.07) is 6.58. The van der Waals surface area contributed by atoms with Gasteiger partial charge in [0.2, 0.25) is 0 Å². The molecule has 1 aromatic carbocycles. The smallest absolute Gasteiger partial charge is 0.175 e. The average molecular weight is 252 g/mol. The minimum absolute atomic E-state index is 0.132. The maximum Gasteiger partial charge on any atom is 0.175 e. The van der Waals surface area contributed by atoms with Gasteiger partial charge in [-0.05, 0) is 24.1 Å². The molecule has 4 nitrogen and oxygen atoms in total. The Labute approximate surface area is 102 Å². The zero-order valence-corrected chi connectivity index (χ0v) is 10.5. The van der Waals surface area contributed by atoms with Gasteiger partial charge in [0.25, 0.3) is 0 Å². The van der Waals surface area contributed by atoms with Crippen molar-refractivity contribution >= 4 is 9.84 Å². The van der Waals surface area contributed by atoms with Gasteiger partial charge in [0.15, 0.2) is 9.84 Å². The van der Waals surface area contributed by atoms with Crippen molar-refractivity contribution in [2.45, 2.75) is 23.8 Å². The Morgan fingerprint density at radius 2 is 2.24 bits per heavy atom. The summed E-state index contributed by atoms with van der Waals surface area (Å²) < 4.78 is 22.9. The van der Waals surface area contributed by atoms with E-state index in [2.05, 4.69) is 11.3 Å². The van der Waals surface area contributed by atoms with Crippen molar-refractivity contribution in [3.05, 3.63) is 29.8 Å². The molecule has 0 aliphatic rings. The molecule has 17 heavy (non-hydrogen) atoms. The van der Waals surface area contributed by atoms with Crippen molar-refractivity contribution in [2.75, 3.05) is 6.26 Å². The molecule has 0 heterocycles. The number of sulfone groups is 1. The van der Waals surface area contributed by atoms with Crippen molar-refractivity contribution in [3.63, 3.8) is 0 Å². The molecule has 0 amide bonds. The van der Waals surface area contributed by atoms with Gasteiger partial charge in [-0.25, -0.2) is 8.42 Å². The Morgan fingerprint density at radius 3 is 2.76 bits per heavy atom. The molecule has 1 aromatic rings. The van der Waals surface area contributed by atoms with Crippen LogP contribution in [-0.4, -0.2) is 14.7 Å². The first-order chi connectivity index (χ1) is 7.99. The predicted molar refractivity (Wildman–Crippen MR) is 67.7 cm³/mol. The minimum Gasteiger partial charge on any atom is -0.271 e. The van der Waals surface area contributed by atoms with Crippen LogP contribution in [0.2, 0.25) is 0 Å². The van der Waals surface area contributed by atoms with E-state index in [0.29, 0.717) is 12.8 Å². The van der Waals surface area contributed by atoms with Crippen LogP contribution in [-0.2, 0) is 9.84 Å². The molecule has 92 valence electrons. The largest absolute Gasteiger partial charge is 0.271 e. The zero-order valence-electron chi connectivity index (χ0n) is 9.68. The van der Waals surface area contributed by atoms with Gasteiger partial charge < -0.3 is 0 Å². The summed E-state index contributed by atoms with van der Waals surface area (Å²) in [7, 11) is -3.20. The molecule has 0 aliphatic heterocycles. The van der Waals surface area contributed by atoms with Crippen LogP contribution in [0.1, 0.15) is 24.4 Å². The Balaban J connectivity index is 3.02. The first-order valence-corrected chi connectivity index (χ1v) is 7.07. The second kappa shape index (κ2) is 5.82. The van der Waals surface area contributed by atoms with E-state index >= 15 is 0 Å². The van der Waals surface area contributed by atoms with Crippen LogP contribution in [0.25, 0.3) is 0 Å². The maximum atomic E-state index is 11.4. The van der Waals surface area contributed by atoms with E-state index < -0.39 is 9.84 Å². The zero-order chi connectivity index (χ0) is 12.9. The van der Waals surface area contributed by atoms with Crippen molar-refractivity contribution in [1.82, 2.24) is 5.43 Å². The lowest BCUT2D eigenvalue weighted by Gasteiger charge is -2.15. The maximum absolute atomic E-state index is 11.4. The average Bonchev–Trinajstić information content (AvgIpc) is 2.29. The molecule has 5 heteroatoms.